The van der Waals surface area contributed by atoms with Gasteiger partial charge in [-0.25, -0.2) is 8.42 Å². The average Bonchev–Trinajstić information content (AvgIpc) is 2.60. The summed E-state index contributed by atoms with van der Waals surface area (Å²) in [6.45, 7) is 8.04. The van der Waals surface area contributed by atoms with Crippen molar-refractivity contribution in [1.29, 1.82) is 0 Å². The molecule has 0 aliphatic carbocycles. The van der Waals surface area contributed by atoms with Gasteiger partial charge in [0.1, 0.15) is 6.54 Å². The van der Waals surface area contributed by atoms with Crippen LogP contribution in [0.15, 0.2) is 53.4 Å². The Labute approximate surface area is 172 Å². The molecule has 0 aliphatic rings. The minimum absolute atomic E-state index is 0.0352. The van der Waals surface area contributed by atoms with Gasteiger partial charge in [0.2, 0.25) is 15.9 Å². The van der Waals surface area contributed by atoms with Crippen molar-refractivity contribution >= 4 is 39.1 Å². The zero-order chi connectivity index (χ0) is 20.9. The quantitative estimate of drug-likeness (QED) is 0.670. The molecule has 0 unspecified atom stereocenters. The molecule has 0 saturated heterocycles. The number of hydrogen-bond donors (Lipinski definition) is 1. The molecule has 2 aromatic rings. The second kappa shape index (κ2) is 9.01. The van der Waals surface area contributed by atoms with Crippen LogP contribution in [0, 0.1) is 0 Å². The predicted octanol–water partition coefficient (Wildman–Crippen LogP) is 4.50. The van der Waals surface area contributed by atoms with Crippen molar-refractivity contribution in [3.05, 3.63) is 54.1 Å². The first kappa shape index (κ1) is 22.3. The lowest BCUT2D eigenvalue weighted by Crippen LogP contribution is -2.37. The van der Waals surface area contributed by atoms with Gasteiger partial charge in [-0.05, 0) is 41.0 Å². The number of thioether (sulfide) groups is 1. The van der Waals surface area contributed by atoms with Gasteiger partial charge in [0.25, 0.3) is 0 Å². The summed E-state index contributed by atoms with van der Waals surface area (Å²) in [6, 6.07) is 14.8. The van der Waals surface area contributed by atoms with Crippen molar-refractivity contribution in [2.24, 2.45) is 0 Å². The molecule has 1 amide bonds. The van der Waals surface area contributed by atoms with E-state index in [0.29, 0.717) is 11.4 Å². The summed E-state index contributed by atoms with van der Waals surface area (Å²) < 4.78 is 25.8. The maximum Gasteiger partial charge on any atom is 0.245 e. The molecule has 2 aromatic carbocycles. The van der Waals surface area contributed by atoms with Gasteiger partial charge in [-0.2, -0.15) is 0 Å². The first-order chi connectivity index (χ1) is 13.0. The van der Waals surface area contributed by atoms with Gasteiger partial charge in [0.05, 0.1) is 17.6 Å². The summed E-state index contributed by atoms with van der Waals surface area (Å²) in [5.74, 6) is 0.497. The van der Waals surface area contributed by atoms with Crippen LogP contribution in [0.2, 0.25) is 0 Å². The monoisotopic (exact) mass is 420 g/mol. The summed E-state index contributed by atoms with van der Waals surface area (Å²) >= 11 is 1.62. The van der Waals surface area contributed by atoms with Crippen molar-refractivity contribution in [1.82, 2.24) is 0 Å². The number of hydrogen-bond acceptors (Lipinski definition) is 4. The zero-order valence-corrected chi connectivity index (χ0v) is 18.7. The van der Waals surface area contributed by atoms with Crippen molar-refractivity contribution in [3.8, 4) is 0 Å². The maximum atomic E-state index is 12.6. The van der Waals surface area contributed by atoms with Gasteiger partial charge >= 0.3 is 0 Å². The number of carbonyl (C=O) groups is 1. The Morgan fingerprint density at radius 2 is 1.68 bits per heavy atom. The average molecular weight is 421 g/mol. The van der Waals surface area contributed by atoms with E-state index in [4.69, 9.17) is 0 Å². The maximum absolute atomic E-state index is 12.6. The van der Waals surface area contributed by atoms with Crippen LogP contribution >= 0.6 is 11.8 Å². The Balaban J connectivity index is 2.23. The standard InChI is InChI=1S/C21H28N2O3S2/c1-6-27-19-10-8-7-9-18(19)22-20(24)15-23(28(5,25)26)17-13-11-16(12-14-17)21(2,3)4/h7-14H,6,15H2,1-5H3,(H,22,24). The Kier molecular flexibility index (Phi) is 7.17. The lowest BCUT2D eigenvalue weighted by atomic mass is 9.87. The molecule has 0 radical (unpaired) electrons. The van der Waals surface area contributed by atoms with E-state index in [2.05, 4.69) is 26.1 Å². The minimum atomic E-state index is -3.61. The van der Waals surface area contributed by atoms with Crippen molar-refractivity contribution in [2.75, 3.05) is 28.2 Å². The molecule has 5 nitrogen and oxygen atoms in total. The lowest BCUT2D eigenvalue weighted by Gasteiger charge is -2.24. The van der Waals surface area contributed by atoms with Crippen LogP contribution in [0.3, 0.4) is 0 Å². The molecule has 0 atom stereocenters. The molecule has 7 heteroatoms. The number of carbonyl (C=O) groups excluding carboxylic acids is 1. The van der Waals surface area contributed by atoms with Crippen LogP contribution in [0.25, 0.3) is 0 Å². The van der Waals surface area contributed by atoms with E-state index >= 15 is 0 Å². The van der Waals surface area contributed by atoms with E-state index in [1.165, 1.54) is 0 Å². The highest BCUT2D eigenvalue weighted by atomic mass is 32.2. The topological polar surface area (TPSA) is 66.5 Å². The molecule has 1 N–H and O–H groups in total. The fraction of sp³-hybridized carbons (Fsp3) is 0.381. The summed E-state index contributed by atoms with van der Waals surface area (Å²) in [5, 5.41) is 2.84. The van der Waals surface area contributed by atoms with Gasteiger partial charge in [0, 0.05) is 4.90 Å². The van der Waals surface area contributed by atoms with E-state index in [9.17, 15) is 13.2 Å². The number of nitrogens with zero attached hydrogens (tertiary/aromatic N) is 1. The smallest absolute Gasteiger partial charge is 0.245 e. The fourth-order valence-corrected chi connectivity index (χ4v) is 4.32. The number of sulfonamides is 1. The number of rotatable bonds is 7. The van der Waals surface area contributed by atoms with Crippen molar-refractivity contribution in [2.45, 2.75) is 38.0 Å². The molecule has 0 fully saturated rings. The molecular formula is C21H28N2O3S2. The van der Waals surface area contributed by atoms with Crippen molar-refractivity contribution < 1.29 is 13.2 Å². The number of anilines is 2. The highest BCUT2D eigenvalue weighted by Crippen LogP contribution is 2.28. The van der Waals surface area contributed by atoms with Gasteiger partial charge in [-0.1, -0.05) is 52.0 Å². The largest absolute Gasteiger partial charge is 0.323 e. The molecule has 2 rings (SSSR count). The molecule has 152 valence electrons. The highest BCUT2D eigenvalue weighted by molar-refractivity contribution is 7.99. The second-order valence-electron chi connectivity index (χ2n) is 7.54. The Morgan fingerprint density at radius 3 is 2.21 bits per heavy atom. The van der Waals surface area contributed by atoms with Crippen LogP contribution in [0.4, 0.5) is 11.4 Å². The van der Waals surface area contributed by atoms with Gasteiger partial charge in [0.15, 0.2) is 0 Å². The normalized spacial score (nSPS) is 11.9. The van der Waals surface area contributed by atoms with Gasteiger partial charge in [-0.15, -0.1) is 11.8 Å². The third-order valence-electron chi connectivity index (χ3n) is 4.17. The van der Waals surface area contributed by atoms with Crippen LogP contribution in [0.5, 0.6) is 0 Å². The second-order valence-corrected chi connectivity index (χ2v) is 10.8. The van der Waals surface area contributed by atoms with Gasteiger partial charge < -0.3 is 5.32 Å². The molecular weight excluding hydrogens is 392 g/mol. The SMILES string of the molecule is CCSc1ccccc1NC(=O)CN(c1ccc(C(C)(C)C)cc1)S(C)(=O)=O. The molecule has 0 heterocycles. The highest BCUT2D eigenvalue weighted by Gasteiger charge is 2.22. The number of benzene rings is 2. The lowest BCUT2D eigenvalue weighted by molar-refractivity contribution is -0.114. The molecule has 0 bridgehead atoms. The van der Waals surface area contributed by atoms with Crippen LogP contribution < -0.4 is 9.62 Å². The molecule has 0 saturated carbocycles. The fourth-order valence-electron chi connectivity index (χ4n) is 2.70. The first-order valence-corrected chi connectivity index (χ1v) is 12.0. The third-order valence-corrected chi connectivity index (χ3v) is 6.27. The van der Waals surface area contributed by atoms with Gasteiger partial charge in [-0.3, -0.25) is 9.10 Å². The van der Waals surface area contributed by atoms with Crippen LogP contribution in [-0.4, -0.2) is 32.9 Å². The number of amides is 1. The van der Waals surface area contributed by atoms with Crippen molar-refractivity contribution in [3.63, 3.8) is 0 Å². The predicted molar refractivity (Wildman–Crippen MR) is 119 cm³/mol. The summed E-state index contributed by atoms with van der Waals surface area (Å²) in [5.41, 5.74) is 2.23. The summed E-state index contributed by atoms with van der Waals surface area (Å²) in [4.78, 5) is 13.6. The molecule has 0 spiro atoms. The Morgan fingerprint density at radius 1 is 1.07 bits per heavy atom. The third kappa shape index (κ3) is 6.01. The molecule has 0 aromatic heterocycles. The molecule has 28 heavy (non-hydrogen) atoms. The van der Waals surface area contributed by atoms with Crippen LogP contribution in [0.1, 0.15) is 33.3 Å². The zero-order valence-electron chi connectivity index (χ0n) is 17.0. The van der Waals surface area contributed by atoms with E-state index in [-0.39, 0.29) is 17.9 Å². The Hall–Kier alpha value is -1.99. The van der Waals surface area contributed by atoms with E-state index in [1.54, 1.807) is 23.9 Å². The van der Waals surface area contributed by atoms with E-state index < -0.39 is 10.0 Å². The van der Waals surface area contributed by atoms with E-state index in [0.717, 1.165) is 26.8 Å². The van der Waals surface area contributed by atoms with E-state index in [1.807, 2.05) is 43.3 Å². The van der Waals surface area contributed by atoms with Crippen LogP contribution in [-0.2, 0) is 20.2 Å². The minimum Gasteiger partial charge on any atom is -0.323 e. The number of para-hydroxylation sites is 1. The summed E-state index contributed by atoms with van der Waals surface area (Å²) in [6.07, 6.45) is 1.11. The number of nitrogens with one attached hydrogen (secondary N) is 1. The first-order valence-electron chi connectivity index (χ1n) is 9.12. The molecule has 0 aliphatic heterocycles. The summed E-state index contributed by atoms with van der Waals surface area (Å²) in [7, 11) is -3.61. The Bertz CT molecular complexity index is 917.